The molecule has 152 valence electrons. The zero-order chi connectivity index (χ0) is 18.1. The Bertz CT molecular complexity index is 443. The number of likely N-dealkylation sites (N-methyl/N-ethyl adjacent to an activating group) is 1. The van der Waals surface area contributed by atoms with Crippen LogP contribution in [-0.4, -0.2) is 74.2 Å². The maximum Gasteiger partial charge on any atom is 0.243 e. The summed E-state index contributed by atoms with van der Waals surface area (Å²) in [6.07, 6.45) is 6.02. The fourth-order valence-electron chi connectivity index (χ4n) is 3.28. The summed E-state index contributed by atoms with van der Waals surface area (Å²) in [5.74, 6) is 2.50. The van der Waals surface area contributed by atoms with Gasteiger partial charge >= 0.3 is 0 Å². The summed E-state index contributed by atoms with van der Waals surface area (Å²) >= 11 is 2.06. The van der Waals surface area contributed by atoms with Gasteiger partial charge in [0.15, 0.2) is 5.96 Å². The molecule has 2 fully saturated rings. The van der Waals surface area contributed by atoms with Crippen molar-refractivity contribution in [3.05, 3.63) is 0 Å². The maximum atomic E-state index is 11.9. The van der Waals surface area contributed by atoms with Gasteiger partial charge in [-0.05, 0) is 31.4 Å². The summed E-state index contributed by atoms with van der Waals surface area (Å²) < 4.78 is 5.45. The van der Waals surface area contributed by atoms with E-state index in [1.165, 1.54) is 31.4 Å². The van der Waals surface area contributed by atoms with Crippen LogP contribution in [0, 0.1) is 5.92 Å². The number of nitrogens with zero attached hydrogens (tertiary/aromatic N) is 2. The Labute approximate surface area is 179 Å². The van der Waals surface area contributed by atoms with Gasteiger partial charge in [-0.2, -0.15) is 11.8 Å². The molecule has 1 amide bonds. The van der Waals surface area contributed by atoms with E-state index in [0.29, 0.717) is 12.0 Å². The molecule has 0 bridgehead atoms. The van der Waals surface area contributed by atoms with Crippen LogP contribution in [0.15, 0.2) is 4.99 Å². The van der Waals surface area contributed by atoms with Gasteiger partial charge in [-0.1, -0.05) is 13.3 Å². The van der Waals surface area contributed by atoms with Crippen LogP contribution in [0.4, 0.5) is 0 Å². The first-order valence-electron chi connectivity index (χ1n) is 9.52. The molecule has 2 N–H and O–H groups in total. The second-order valence-corrected chi connectivity index (χ2v) is 8.73. The Hall–Kier alpha value is -0.220. The minimum absolute atomic E-state index is 0. The predicted molar refractivity (Wildman–Crippen MR) is 121 cm³/mol. The molecule has 1 saturated carbocycles. The molecular weight excluding hydrogens is 463 g/mol. The SMILES string of the molecule is CCSC1CCCC(NC(=NCC(=O)N(C)C)NCC2CCOC2)C1.I. The van der Waals surface area contributed by atoms with Crippen molar-refractivity contribution in [2.75, 3.05) is 46.2 Å². The van der Waals surface area contributed by atoms with Crippen LogP contribution < -0.4 is 10.6 Å². The average molecular weight is 498 g/mol. The first-order chi connectivity index (χ1) is 12.1. The van der Waals surface area contributed by atoms with Crippen LogP contribution in [0.25, 0.3) is 0 Å². The van der Waals surface area contributed by atoms with E-state index in [1.54, 1.807) is 19.0 Å². The van der Waals surface area contributed by atoms with E-state index in [-0.39, 0.29) is 36.4 Å². The highest BCUT2D eigenvalue weighted by molar-refractivity contribution is 14.0. The van der Waals surface area contributed by atoms with Crippen LogP contribution in [0.2, 0.25) is 0 Å². The smallest absolute Gasteiger partial charge is 0.243 e. The highest BCUT2D eigenvalue weighted by Crippen LogP contribution is 2.28. The van der Waals surface area contributed by atoms with E-state index >= 15 is 0 Å². The highest BCUT2D eigenvalue weighted by atomic mass is 127. The summed E-state index contributed by atoms with van der Waals surface area (Å²) in [6.45, 7) is 4.93. The van der Waals surface area contributed by atoms with E-state index in [2.05, 4.69) is 34.3 Å². The van der Waals surface area contributed by atoms with Crippen molar-refractivity contribution in [2.45, 2.75) is 50.3 Å². The van der Waals surface area contributed by atoms with Crippen molar-refractivity contribution in [1.29, 1.82) is 0 Å². The molecule has 1 heterocycles. The molecule has 26 heavy (non-hydrogen) atoms. The van der Waals surface area contributed by atoms with Gasteiger partial charge in [0, 0.05) is 44.5 Å². The van der Waals surface area contributed by atoms with Gasteiger partial charge in [0.25, 0.3) is 0 Å². The monoisotopic (exact) mass is 498 g/mol. The molecule has 6 nitrogen and oxygen atoms in total. The molecule has 0 aromatic carbocycles. The van der Waals surface area contributed by atoms with E-state index in [0.717, 1.165) is 37.4 Å². The summed E-state index contributed by atoms with van der Waals surface area (Å²) in [5.41, 5.74) is 0. The maximum absolute atomic E-state index is 11.9. The molecule has 0 aromatic heterocycles. The second-order valence-electron chi connectivity index (χ2n) is 7.15. The number of halogens is 1. The number of carbonyl (C=O) groups is 1. The predicted octanol–water partition coefficient (Wildman–Crippen LogP) is 2.33. The van der Waals surface area contributed by atoms with Crippen LogP contribution in [0.3, 0.4) is 0 Å². The third kappa shape index (κ3) is 8.65. The lowest BCUT2D eigenvalue weighted by molar-refractivity contribution is -0.127. The molecule has 1 aliphatic carbocycles. The van der Waals surface area contributed by atoms with Gasteiger partial charge in [0.05, 0.1) is 6.61 Å². The molecule has 3 atom stereocenters. The molecule has 8 heteroatoms. The number of ether oxygens (including phenoxy) is 1. The third-order valence-corrected chi connectivity index (χ3v) is 6.06. The van der Waals surface area contributed by atoms with Crippen molar-refractivity contribution in [3.63, 3.8) is 0 Å². The quantitative estimate of drug-likeness (QED) is 0.321. The topological polar surface area (TPSA) is 66.0 Å². The van der Waals surface area contributed by atoms with Crippen molar-refractivity contribution >= 4 is 47.6 Å². The van der Waals surface area contributed by atoms with E-state index in [4.69, 9.17) is 4.74 Å². The number of amides is 1. The molecule has 0 aromatic rings. The molecule has 0 radical (unpaired) electrons. The van der Waals surface area contributed by atoms with Crippen LogP contribution in [0.5, 0.6) is 0 Å². The van der Waals surface area contributed by atoms with Crippen LogP contribution >= 0.6 is 35.7 Å². The molecular formula is C18H35IN4O2S. The summed E-state index contributed by atoms with van der Waals surface area (Å²) in [7, 11) is 3.53. The van der Waals surface area contributed by atoms with Crippen molar-refractivity contribution < 1.29 is 9.53 Å². The minimum Gasteiger partial charge on any atom is -0.381 e. The Morgan fingerprint density at radius 1 is 1.31 bits per heavy atom. The van der Waals surface area contributed by atoms with Gasteiger partial charge in [-0.3, -0.25) is 4.79 Å². The van der Waals surface area contributed by atoms with Crippen LogP contribution in [-0.2, 0) is 9.53 Å². The van der Waals surface area contributed by atoms with Crippen molar-refractivity contribution in [2.24, 2.45) is 10.9 Å². The lowest BCUT2D eigenvalue weighted by Crippen LogP contribution is -2.47. The van der Waals surface area contributed by atoms with E-state index in [9.17, 15) is 4.79 Å². The molecule has 1 aliphatic heterocycles. The van der Waals surface area contributed by atoms with Crippen molar-refractivity contribution in [3.8, 4) is 0 Å². The van der Waals surface area contributed by atoms with E-state index < -0.39 is 0 Å². The fourth-order valence-corrected chi connectivity index (χ4v) is 4.46. The van der Waals surface area contributed by atoms with Gasteiger partial charge in [-0.25, -0.2) is 4.99 Å². The Morgan fingerprint density at radius 2 is 2.12 bits per heavy atom. The number of rotatable bonds is 7. The Morgan fingerprint density at radius 3 is 2.77 bits per heavy atom. The third-order valence-electron chi connectivity index (χ3n) is 4.82. The first kappa shape index (κ1) is 23.8. The number of aliphatic imine (C=N–C) groups is 1. The van der Waals surface area contributed by atoms with Gasteiger partial charge < -0.3 is 20.3 Å². The largest absolute Gasteiger partial charge is 0.381 e. The van der Waals surface area contributed by atoms with Gasteiger partial charge in [-0.15, -0.1) is 24.0 Å². The van der Waals surface area contributed by atoms with Gasteiger partial charge in [0.1, 0.15) is 6.54 Å². The number of hydrogen-bond acceptors (Lipinski definition) is 4. The zero-order valence-electron chi connectivity index (χ0n) is 16.3. The van der Waals surface area contributed by atoms with Crippen LogP contribution in [0.1, 0.15) is 39.0 Å². The zero-order valence-corrected chi connectivity index (χ0v) is 19.5. The average Bonchev–Trinajstić information content (AvgIpc) is 3.11. The Balaban J connectivity index is 0.00000338. The molecule has 2 aliphatic rings. The summed E-state index contributed by atoms with van der Waals surface area (Å²) in [4.78, 5) is 18.0. The van der Waals surface area contributed by atoms with E-state index in [1.807, 2.05) is 0 Å². The summed E-state index contributed by atoms with van der Waals surface area (Å²) in [6, 6.07) is 0.443. The molecule has 1 saturated heterocycles. The summed E-state index contributed by atoms with van der Waals surface area (Å²) in [5, 5.41) is 7.75. The van der Waals surface area contributed by atoms with Gasteiger partial charge in [0.2, 0.25) is 5.91 Å². The number of guanidine groups is 1. The molecule has 0 spiro atoms. The minimum atomic E-state index is 0. The lowest BCUT2D eigenvalue weighted by Gasteiger charge is -2.30. The Kier molecular flexibility index (Phi) is 11.9. The fraction of sp³-hybridized carbons (Fsp3) is 0.889. The number of hydrogen-bond donors (Lipinski definition) is 2. The van der Waals surface area contributed by atoms with Crippen molar-refractivity contribution in [1.82, 2.24) is 15.5 Å². The number of thioether (sulfide) groups is 1. The standard InChI is InChI=1S/C18H34N4O2S.HI/c1-4-25-16-7-5-6-15(10-16)21-18(20-12-17(23)22(2)3)19-11-14-8-9-24-13-14;/h14-16H,4-13H2,1-3H3,(H2,19,20,21);1H. The highest BCUT2D eigenvalue weighted by Gasteiger charge is 2.23. The first-order valence-corrected chi connectivity index (χ1v) is 10.6. The molecule has 2 rings (SSSR count). The molecule has 3 unspecified atom stereocenters. The second kappa shape index (κ2) is 13.0. The number of carbonyl (C=O) groups excluding carboxylic acids is 1. The normalized spacial score (nSPS) is 26.1. The lowest BCUT2D eigenvalue weighted by atomic mass is 9.95. The number of nitrogens with one attached hydrogen (secondary N) is 2.